The predicted octanol–water partition coefficient (Wildman–Crippen LogP) is 1.90. The minimum Gasteiger partial charge on any atom is -0.481 e. The lowest BCUT2D eigenvalue weighted by atomic mass is 9.97. The third-order valence-corrected chi connectivity index (χ3v) is 2.22. The Kier molecular flexibility index (Phi) is 2.74. The first kappa shape index (κ1) is 10.5. The van der Waals surface area contributed by atoms with Crippen LogP contribution in [0.25, 0.3) is 0 Å². The molecule has 4 heteroatoms. The Balaban J connectivity index is 3.26. The smallest absolute Gasteiger partial charge is 0.310 e. The molecule has 0 saturated carbocycles. The molecule has 3 N–H and O–H groups in total. The van der Waals surface area contributed by atoms with Crippen LogP contribution in [0.1, 0.15) is 24.0 Å². The van der Waals surface area contributed by atoms with Gasteiger partial charge in [-0.25, -0.2) is 4.39 Å². The Morgan fingerprint density at radius 2 is 2.14 bits per heavy atom. The first-order valence-corrected chi connectivity index (χ1v) is 4.21. The molecule has 0 aliphatic heterocycles. The largest absolute Gasteiger partial charge is 0.481 e. The molecule has 76 valence electrons. The van der Waals surface area contributed by atoms with Crippen molar-refractivity contribution in [1.82, 2.24) is 0 Å². The number of carboxylic acid groups (broad SMARTS) is 1. The summed E-state index contributed by atoms with van der Waals surface area (Å²) >= 11 is 0. The molecule has 1 unspecified atom stereocenters. The molecule has 0 aliphatic carbocycles. The van der Waals surface area contributed by atoms with Crippen molar-refractivity contribution in [3.8, 4) is 0 Å². The molecule has 0 spiro atoms. The monoisotopic (exact) mass is 197 g/mol. The van der Waals surface area contributed by atoms with Crippen LogP contribution in [-0.4, -0.2) is 11.1 Å². The Labute approximate surface area is 81.4 Å². The van der Waals surface area contributed by atoms with E-state index in [1.165, 1.54) is 19.1 Å². The van der Waals surface area contributed by atoms with E-state index < -0.39 is 17.7 Å². The van der Waals surface area contributed by atoms with Crippen molar-refractivity contribution in [2.75, 3.05) is 5.73 Å². The van der Waals surface area contributed by atoms with Gasteiger partial charge < -0.3 is 10.8 Å². The molecule has 14 heavy (non-hydrogen) atoms. The van der Waals surface area contributed by atoms with E-state index >= 15 is 0 Å². The normalized spacial score (nSPS) is 12.5. The molecule has 0 aliphatic rings. The number of aliphatic carboxylic acids is 1. The summed E-state index contributed by atoms with van der Waals surface area (Å²) in [5.74, 6) is -2.26. The lowest BCUT2D eigenvalue weighted by molar-refractivity contribution is -0.138. The van der Waals surface area contributed by atoms with Crippen molar-refractivity contribution >= 4 is 11.7 Å². The van der Waals surface area contributed by atoms with Crippen LogP contribution in [0.4, 0.5) is 10.1 Å². The molecule has 1 rings (SSSR count). The van der Waals surface area contributed by atoms with Gasteiger partial charge in [-0.15, -0.1) is 0 Å². The zero-order valence-corrected chi connectivity index (χ0v) is 8.04. The minimum absolute atomic E-state index is 0.329. The van der Waals surface area contributed by atoms with E-state index in [4.69, 9.17) is 10.8 Å². The summed E-state index contributed by atoms with van der Waals surface area (Å²) in [5.41, 5.74) is 6.90. The number of carboxylic acids is 1. The van der Waals surface area contributed by atoms with E-state index in [9.17, 15) is 9.18 Å². The van der Waals surface area contributed by atoms with Gasteiger partial charge in [0.05, 0.1) is 5.92 Å². The van der Waals surface area contributed by atoms with Crippen molar-refractivity contribution in [3.05, 3.63) is 29.1 Å². The maximum Gasteiger partial charge on any atom is 0.310 e. The van der Waals surface area contributed by atoms with E-state index in [-0.39, 0.29) is 0 Å². The molecular formula is C10H12FNO2. The predicted molar refractivity (Wildman–Crippen MR) is 51.6 cm³/mol. The van der Waals surface area contributed by atoms with E-state index in [1.54, 1.807) is 6.92 Å². The topological polar surface area (TPSA) is 63.3 Å². The summed E-state index contributed by atoms with van der Waals surface area (Å²) in [5, 5.41) is 8.76. The van der Waals surface area contributed by atoms with Gasteiger partial charge in [-0.1, -0.05) is 0 Å². The number of carbonyl (C=O) groups is 1. The van der Waals surface area contributed by atoms with Crippen LogP contribution < -0.4 is 5.73 Å². The number of hydrogen-bond acceptors (Lipinski definition) is 2. The van der Waals surface area contributed by atoms with Gasteiger partial charge in [0.25, 0.3) is 0 Å². The molecule has 0 radical (unpaired) electrons. The molecule has 0 aromatic heterocycles. The van der Waals surface area contributed by atoms with Crippen molar-refractivity contribution in [3.63, 3.8) is 0 Å². The number of nitrogen functional groups attached to an aromatic ring is 1. The van der Waals surface area contributed by atoms with Crippen LogP contribution >= 0.6 is 0 Å². The maximum absolute atomic E-state index is 13.0. The number of rotatable bonds is 2. The lowest BCUT2D eigenvalue weighted by Crippen LogP contribution is -2.11. The first-order valence-electron chi connectivity index (χ1n) is 4.21. The summed E-state index contributed by atoms with van der Waals surface area (Å²) in [4.78, 5) is 10.7. The second kappa shape index (κ2) is 3.65. The molecule has 0 saturated heterocycles. The van der Waals surface area contributed by atoms with Crippen LogP contribution in [0.2, 0.25) is 0 Å². The molecule has 0 fully saturated rings. The number of hydrogen-bond donors (Lipinski definition) is 2. The summed E-state index contributed by atoms with van der Waals surface area (Å²) in [6.07, 6.45) is 0. The Hall–Kier alpha value is -1.58. The van der Waals surface area contributed by atoms with E-state index in [0.717, 1.165) is 0 Å². The summed E-state index contributed by atoms with van der Waals surface area (Å²) in [7, 11) is 0. The number of benzene rings is 1. The maximum atomic E-state index is 13.0. The summed E-state index contributed by atoms with van der Waals surface area (Å²) < 4.78 is 13.0. The second-order valence-electron chi connectivity index (χ2n) is 3.29. The minimum atomic E-state index is -1.01. The van der Waals surface area contributed by atoms with Crippen molar-refractivity contribution < 1.29 is 14.3 Å². The van der Waals surface area contributed by atoms with Crippen molar-refractivity contribution in [2.45, 2.75) is 19.8 Å². The molecule has 1 aromatic rings. The van der Waals surface area contributed by atoms with Crippen LogP contribution in [0, 0.1) is 12.7 Å². The van der Waals surface area contributed by atoms with E-state index in [1.807, 2.05) is 0 Å². The molecule has 1 aromatic carbocycles. The Morgan fingerprint density at radius 1 is 1.57 bits per heavy atom. The third kappa shape index (κ3) is 1.84. The Bertz CT molecular complexity index is 377. The number of anilines is 1. The average molecular weight is 197 g/mol. The number of nitrogens with two attached hydrogens (primary N) is 1. The number of aryl methyl sites for hydroxylation is 1. The zero-order valence-electron chi connectivity index (χ0n) is 8.04. The SMILES string of the molecule is Cc1cc(F)cc(C(C)C(=O)O)c1N. The molecule has 3 nitrogen and oxygen atoms in total. The molecule has 0 bridgehead atoms. The molecule has 1 atom stereocenters. The highest BCUT2D eigenvalue weighted by molar-refractivity contribution is 5.78. The van der Waals surface area contributed by atoms with Crippen LogP contribution in [0.15, 0.2) is 12.1 Å². The van der Waals surface area contributed by atoms with Crippen LogP contribution in [0.5, 0.6) is 0 Å². The van der Waals surface area contributed by atoms with Gasteiger partial charge in [0.2, 0.25) is 0 Å². The van der Waals surface area contributed by atoms with Crippen molar-refractivity contribution in [2.24, 2.45) is 0 Å². The van der Waals surface area contributed by atoms with Gasteiger partial charge >= 0.3 is 5.97 Å². The highest BCUT2D eigenvalue weighted by Crippen LogP contribution is 2.26. The molecule has 0 heterocycles. The van der Waals surface area contributed by atoms with Gasteiger partial charge in [0, 0.05) is 5.69 Å². The fourth-order valence-corrected chi connectivity index (χ4v) is 1.27. The third-order valence-electron chi connectivity index (χ3n) is 2.22. The summed E-state index contributed by atoms with van der Waals surface area (Å²) in [6.45, 7) is 3.13. The van der Waals surface area contributed by atoms with Gasteiger partial charge in [0.15, 0.2) is 0 Å². The van der Waals surface area contributed by atoms with Crippen LogP contribution in [-0.2, 0) is 4.79 Å². The lowest BCUT2D eigenvalue weighted by Gasteiger charge is -2.12. The van der Waals surface area contributed by atoms with E-state index in [2.05, 4.69) is 0 Å². The van der Waals surface area contributed by atoms with E-state index in [0.29, 0.717) is 16.8 Å². The fraction of sp³-hybridized carbons (Fsp3) is 0.300. The van der Waals surface area contributed by atoms with Gasteiger partial charge in [0.1, 0.15) is 5.82 Å². The van der Waals surface area contributed by atoms with Gasteiger partial charge in [-0.2, -0.15) is 0 Å². The van der Waals surface area contributed by atoms with Gasteiger partial charge in [-0.05, 0) is 37.1 Å². The fourth-order valence-electron chi connectivity index (χ4n) is 1.27. The molecule has 0 amide bonds. The first-order chi connectivity index (χ1) is 6.43. The number of halogens is 1. The standard InChI is InChI=1S/C10H12FNO2/c1-5-3-7(11)4-8(9(5)12)6(2)10(13)14/h3-4,6H,12H2,1-2H3,(H,13,14). The average Bonchev–Trinajstić information content (AvgIpc) is 2.09. The Morgan fingerprint density at radius 3 is 2.64 bits per heavy atom. The highest BCUT2D eigenvalue weighted by Gasteiger charge is 2.18. The quantitative estimate of drug-likeness (QED) is 0.712. The zero-order chi connectivity index (χ0) is 10.9. The summed E-state index contributed by atoms with van der Waals surface area (Å²) in [6, 6.07) is 2.45. The highest BCUT2D eigenvalue weighted by atomic mass is 19.1. The van der Waals surface area contributed by atoms with Gasteiger partial charge in [-0.3, -0.25) is 4.79 Å². The second-order valence-corrected chi connectivity index (χ2v) is 3.29. The molecular weight excluding hydrogens is 185 g/mol. The van der Waals surface area contributed by atoms with Crippen LogP contribution in [0.3, 0.4) is 0 Å². The van der Waals surface area contributed by atoms with Crippen molar-refractivity contribution in [1.29, 1.82) is 0 Å².